The van der Waals surface area contributed by atoms with E-state index in [-0.39, 0.29) is 17.6 Å². The third kappa shape index (κ3) is 5.91. The Morgan fingerprint density at radius 3 is 2.60 bits per heavy atom. The van der Waals surface area contributed by atoms with Crippen molar-refractivity contribution >= 4 is 28.2 Å². The van der Waals surface area contributed by atoms with Crippen LogP contribution in [0.2, 0.25) is 0 Å². The molecule has 0 aliphatic carbocycles. The number of aryl methyl sites for hydroxylation is 5. The second-order valence-electron chi connectivity index (χ2n) is 13.6. The van der Waals surface area contributed by atoms with E-state index in [9.17, 15) is 14.0 Å². The first kappa shape index (κ1) is 31.4. The fourth-order valence-corrected chi connectivity index (χ4v) is 7.10. The molecule has 1 aromatic carbocycles. The van der Waals surface area contributed by atoms with Crippen LogP contribution in [0.25, 0.3) is 10.9 Å². The number of carbonyl (C=O) groups excluding carboxylic acids is 1. The number of benzene rings is 1. The number of pyridine rings is 1. The lowest BCUT2D eigenvalue weighted by Gasteiger charge is -2.40. The first-order valence-corrected chi connectivity index (χ1v) is 16.4. The molecule has 0 spiro atoms. The zero-order valence-electron chi connectivity index (χ0n) is 27.7. The van der Waals surface area contributed by atoms with Crippen LogP contribution >= 0.6 is 0 Å². The molecule has 4 aromatic rings. The maximum absolute atomic E-state index is 14.1. The number of aromatic nitrogens is 6. The predicted octanol–water partition coefficient (Wildman–Crippen LogP) is 2.60. The maximum atomic E-state index is 14.1. The van der Waals surface area contributed by atoms with Gasteiger partial charge in [-0.2, -0.15) is 5.10 Å². The molecule has 3 aliphatic heterocycles. The minimum Gasteiger partial charge on any atom is -0.373 e. The molecule has 0 radical (unpaired) electrons. The van der Waals surface area contributed by atoms with Gasteiger partial charge in [0.2, 0.25) is 5.91 Å². The lowest BCUT2D eigenvalue weighted by Crippen LogP contribution is -2.55. The molecule has 1 amide bonds. The van der Waals surface area contributed by atoms with Crippen molar-refractivity contribution in [3.63, 3.8) is 0 Å². The number of rotatable bonds is 9. The van der Waals surface area contributed by atoms with Crippen LogP contribution < -0.4 is 15.4 Å². The molecule has 7 rings (SSSR count). The van der Waals surface area contributed by atoms with Crippen molar-refractivity contribution in [3.8, 4) is 0 Å². The van der Waals surface area contributed by atoms with Crippen LogP contribution in [0.1, 0.15) is 42.6 Å². The van der Waals surface area contributed by atoms with Gasteiger partial charge in [-0.05, 0) is 63.9 Å². The molecule has 47 heavy (non-hydrogen) atoms. The van der Waals surface area contributed by atoms with Crippen LogP contribution in [-0.4, -0.2) is 98.8 Å². The Balaban J connectivity index is 1.17. The number of alkyl halides is 1. The third-order valence-electron chi connectivity index (χ3n) is 9.75. The Morgan fingerprint density at radius 2 is 1.85 bits per heavy atom. The van der Waals surface area contributed by atoms with Crippen molar-refractivity contribution in [2.45, 2.75) is 71.3 Å². The van der Waals surface area contributed by atoms with Gasteiger partial charge < -0.3 is 14.5 Å². The zero-order valence-corrected chi connectivity index (χ0v) is 27.7. The van der Waals surface area contributed by atoms with Gasteiger partial charge in [0.15, 0.2) is 0 Å². The first-order valence-electron chi connectivity index (χ1n) is 16.4. The Morgan fingerprint density at radius 1 is 1.04 bits per heavy atom. The van der Waals surface area contributed by atoms with Crippen LogP contribution in [0.5, 0.6) is 0 Å². The summed E-state index contributed by atoms with van der Waals surface area (Å²) in [5.41, 5.74) is 3.41. The van der Waals surface area contributed by atoms with Crippen molar-refractivity contribution in [2.75, 3.05) is 56.2 Å². The summed E-state index contributed by atoms with van der Waals surface area (Å²) < 4.78 is 23.0. The fraction of sp³-hybridized carbons (Fsp3) is 0.529. The maximum Gasteiger partial charge on any atom is 0.261 e. The summed E-state index contributed by atoms with van der Waals surface area (Å²) in [6, 6.07) is 7.87. The summed E-state index contributed by atoms with van der Waals surface area (Å²) in [5.74, 6) is 2.21. The number of hydrogen-bond acceptors (Lipinski definition) is 9. The number of anilines is 2. The minimum atomic E-state index is -0.734. The number of likely N-dealkylation sites (N-methyl/N-ethyl adjacent to an activating group) is 1. The molecule has 0 saturated carbocycles. The van der Waals surface area contributed by atoms with Crippen LogP contribution in [0, 0.1) is 13.8 Å². The van der Waals surface area contributed by atoms with Crippen LogP contribution in [0.15, 0.2) is 35.3 Å². The van der Waals surface area contributed by atoms with Crippen LogP contribution in [0.4, 0.5) is 15.8 Å². The molecule has 3 aliphatic rings. The fourth-order valence-electron chi connectivity index (χ4n) is 7.10. The Hall–Kier alpha value is -4.23. The van der Waals surface area contributed by atoms with Gasteiger partial charge in [-0.3, -0.25) is 24.0 Å². The Kier molecular flexibility index (Phi) is 8.07. The quantitative estimate of drug-likeness (QED) is 0.272. The number of fused-ring (bicyclic) bond motifs is 2. The number of morpholine rings is 1. The summed E-state index contributed by atoms with van der Waals surface area (Å²) >= 11 is 0. The van der Waals surface area contributed by atoms with E-state index in [1.54, 1.807) is 16.5 Å². The van der Waals surface area contributed by atoms with E-state index < -0.39 is 11.6 Å². The number of nitrogens with zero attached hydrogens (tertiary/aromatic N) is 9. The lowest BCUT2D eigenvalue weighted by atomic mass is 9.90. The Labute approximate surface area is 273 Å². The number of amides is 1. The average molecular weight is 644 g/mol. The average Bonchev–Trinajstić information content (AvgIpc) is 3.45. The van der Waals surface area contributed by atoms with Crippen molar-refractivity contribution in [1.29, 1.82) is 0 Å². The second kappa shape index (κ2) is 12.1. The monoisotopic (exact) mass is 643 g/mol. The van der Waals surface area contributed by atoms with Crippen LogP contribution in [0.3, 0.4) is 0 Å². The smallest absolute Gasteiger partial charge is 0.261 e. The van der Waals surface area contributed by atoms with Gasteiger partial charge in [0.1, 0.15) is 23.6 Å². The highest BCUT2D eigenvalue weighted by Crippen LogP contribution is 2.39. The first-order chi connectivity index (χ1) is 22.5. The van der Waals surface area contributed by atoms with Gasteiger partial charge in [-0.1, -0.05) is 0 Å². The SMILES string of the molecule is Cc1nc(C)n(CCc2nc3cc(N4CCO[C@@H](CN5CC(F)C5)C4)ccc3c(=O)n2CCc2cnc3c(c2)N(C)C(=O)C3(C)C)n1. The molecule has 3 aromatic heterocycles. The van der Waals surface area contributed by atoms with Crippen molar-refractivity contribution in [3.05, 3.63) is 69.5 Å². The summed E-state index contributed by atoms with van der Waals surface area (Å²) in [6.07, 6.45) is 2.13. The molecule has 0 bridgehead atoms. The second-order valence-corrected chi connectivity index (χ2v) is 13.6. The molecule has 13 heteroatoms. The number of likely N-dealkylation sites (tertiary alicyclic amines) is 1. The summed E-state index contributed by atoms with van der Waals surface area (Å²) in [4.78, 5) is 47.1. The number of halogens is 1. The molecular weight excluding hydrogens is 601 g/mol. The largest absolute Gasteiger partial charge is 0.373 e. The molecule has 12 nitrogen and oxygen atoms in total. The van der Waals surface area contributed by atoms with Crippen molar-refractivity contribution in [1.82, 2.24) is 34.2 Å². The van der Waals surface area contributed by atoms with E-state index in [4.69, 9.17) is 9.72 Å². The van der Waals surface area contributed by atoms with Gasteiger partial charge in [-0.15, -0.1) is 0 Å². The van der Waals surface area contributed by atoms with E-state index in [1.807, 2.05) is 62.8 Å². The number of ether oxygens (including phenoxy) is 1. The summed E-state index contributed by atoms with van der Waals surface area (Å²) in [7, 11) is 1.78. The predicted molar refractivity (Wildman–Crippen MR) is 177 cm³/mol. The van der Waals surface area contributed by atoms with Crippen molar-refractivity contribution < 1.29 is 13.9 Å². The highest BCUT2D eigenvalue weighted by Gasteiger charge is 2.43. The molecule has 248 valence electrons. The molecule has 6 heterocycles. The lowest BCUT2D eigenvalue weighted by molar-refractivity contribution is -0.121. The van der Waals surface area contributed by atoms with E-state index in [2.05, 4.69) is 24.9 Å². The van der Waals surface area contributed by atoms with Gasteiger partial charge in [0.05, 0.1) is 47.0 Å². The van der Waals surface area contributed by atoms with E-state index >= 15 is 0 Å². The molecule has 2 saturated heterocycles. The number of carbonyl (C=O) groups is 1. The van der Waals surface area contributed by atoms with E-state index in [0.29, 0.717) is 81.3 Å². The number of hydrogen-bond donors (Lipinski definition) is 0. The highest BCUT2D eigenvalue weighted by molar-refractivity contribution is 6.06. The van der Waals surface area contributed by atoms with Crippen LogP contribution in [-0.2, 0) is 40.9 Å². The standard InChI is InChI=1S/C34H42FN9O3/c1-21-37-22(2)44(39-21)11-9-30-38-28-15-25(42-12-13-47-26(20-42)19-41-17-24(35)18-41)6-7-27(28)32(45)43(30)10-8-23-14-29-31(36-16-23)34(3,4)33(46)40(29)5/h6-7,14-16,24,26H,8-13,17-20H2,1-5H3/t26-/m0/s1. The van der Waals surface area contributed by atoms with Gasteiger partial charge in [0.25, 0.3) is 5.56 Å². The zero-order chi connectivity index (χ0) is 33.0. The molecule has 1 atom stereocenters. The molecule has 0 N–H and O–H groups in total. The normalized spacial score (nSPS) is 19.9. The van der Waals surface area contributed by atoms with E-state index in [1.165, 1.54) is 0 Å². The van der Waals surface area contributed by atoms with Gasteiger partial charge >= 0.3 is 0 Å². The Bertz CT molecular complexity index is 1900. The van der Waals surface area contributed by atoms with E-state index in [0.717, 1.165) is 35.0 Å². The summed E-state index contributed by atoms with van der Waals surface area (Å²) in [6.45, 7) is 12.2. The molecular formula is C34H42FN9O3. The third-order valence-corrected chi connectivity index (χ3v) is 9.75. The highest BCUT2D eigenvalue weighted by atomic mass is 19.1. The minimum absolute atomic E-state index is 0.00414. The molecule has 2 fully saturated rings. The van der Waals surface area contributed by atoms with Crippen molar-refractivity contribution in [2.24, 2.45) is 0 Å². The topological polar surface area (TPSA) is 115 Å². The molecule has 0 unspecified atom stereocenters. The van der Waals surface area contributed by atoms with Gasteiger partial charge in [0, 0.05) is 64.6 Å². The summed E-state index contributed by atoms with van der Waals surface area (Å²) in [5, 5.41) is 5.07. The van der Waals surface area contributed by atoms with Gasteiger partial charge in [-0.25, -0.2) is 19.0 Å².